The number of hydrogen-bond donors (Lipinski definition) is 0. The molecule has 0 aromatic heterocycles. The van der Waals surface area contributed by atoms with Crippen molar-refractivity contribution >= 4 is 0 Å². The molecule has 0 aromatic carbocycles. The van der Waals surface area contributed by atoms with Gasteiger partial charge >= 0.3 is 0 Å². The third-order valence-electron chi connectivity index (χ3n) is 1.32. The first-order valence-corrected chi connectivity index (χ1v) is 3.49. The highest BCUT2D eigenvalue weighted by Gasteiger charge is 1.98. The third kappa shape index (κ3) is 5.73. The van der Waals surface area contributed by atoms with Gasteiger partial charge < -0.3 is 0 Å². The van der Waals surface area contributed by atoms with Crippen LogP contribution in [0.1, 0.15) is 26.2 Å². The highest BCUT2D eigenvalue weighted by molar-refractivity contribution is 4.85. The van der Waals surface area contributed by atoms with Crippen LogP contribution in [-0.4, -0.2) is 0 Å². The van der Waals surface area contributed by atoms with E-state index in [0.29, 0.717) is 0 Å². The Morgan fingerprint density at radius 2 is 2.20 bits per heavy atom. The largest absolute Gasteiger partial charge is 0.266 e. The molecule has 1 unspecified atom stereocenters. The van der Waals surface area contributed by atoms with Gasteiger partial charge in [-0.3, -0.25) is 0 Å². The van der Waals surface area contributed by atoms with Crippen LogP contribution in [0.5, 0.6) is 0 Å². The fourth-order valence-corrected chi connectivity index (χ4v) is 0.765. The summed E-state index contributed by atoms with van der Waals surface area (Å²) in [6.45, 7) is 5.42. The minimum absolute atomic E-state index is 0.00764. The van der Waals surface area contributed by atoms with E-state index in [1.165, 1.54) is 0 Å². The Kier molecular flexibility index (Phi) is 5.17. The molecular weight excluding hydrogens is 134 g/mol. The Labute approximate surface area is 60.9 Å². The average molecular weight is 147 g/mol. The molecule has 0 saturated carbocycles. The molecule has 59 valence electrons. The van der Waals surface area contributed by atoms with Gasteiger partial charge in [0.1, 0.15) is 0 Å². The number of halogens is 2. The molecule has 0 amide bonds. The van der Waals surface area contributed by atoms with Crippen LogP contribution in [-0.2, 0) is 0 Å². The zero-order valence-electron chi connectivity index (χ0n) is 6.24. The third-order valence-corrected chi connectivity index (χ3v) is 1.32. The maximum absolute atomic E-state index is 11.6. The molecule has 0 aliphatic rings. The van der Waals surface area contributed by atoms with Gasteiger partial charge in [-0.2, -0.15) is 8.78 Å². The molecular formula is C8H13F2. The lowest BCUT2D eigenvalue weighted by Gasteiger charge is -2.01. The number of unbranched alkanes of at least 4 members (excludes halogenated alkanes) is 1. The summed E-state index contributed by atoms with van der Waals surface area (Å²) in [4.78, 5) is 0. The molecule has 1 radical (unpaired) electrons. The van der Waals surface area contributed by atoms with Gasteiger partial charge in [0.05, 0.1) is 0 Å². The van der Waals surface area contributed by atoms with Crippen molar-refractivity contribution < 1.29 is 8.78 Å². The first kappa shape index (κ1) is 9.60. The summed E-state index contributed by atoms with van der Waals surface area (Å²) in [5.41, 5.74) is 0. The molecule has 10 heavy (non-hydrogen) atoms. The SMILES string of the molecule is [CH2]CCCC(C)C=C(F)F. The van der Waals surface area contributed by atoms with E-state index in [0.717, 1.165) is 25.3 Å². The summed E-state index contributed by atoms with van der Waals surface area (Å²) in [5, 5.41) is 0. The van der Waals surface area contributed by atoms with E-state index < -0.39 is 6.08 Å². The predicted octanol–water partition coefficient (Wildman–Crippen LogP) is 3.41. The van der Waals surface area contributed by atoms with Crippen LogP contribution in [0, 0.1) is 12.8 Å². The zero-order chi connectivity index (χ0) is 7.98. The van der Waals surface area contributed by atoms with E-state index in [9.17, 15) is 8.78 Å². The standard InChI is InChI=1S/C8H13F2/c1-3-4-5-7(2)6-8(9)10/h6-7H,1,3-5H2,2H3. The van der Waals surface area contributed by atoms with Gasteiger partial charge in [0, 0.05) is 0 Å². The smallest absolute Gasteiger partial charge is 0.174 e. The van der Waals surface area contributed by atoms with Crippen LogP contribution in [0.15, 0.2) is 12.2 Å². The van der Waals surface area contributed by atoms with E-state index in [1.807, 2.05) is 0 Å². The molecule has 0 fully saturated rings. The van der Waals surface area contributed by atoms with E-state index in [4.69, 9.17) is 0 Å². The van der Waals surface area contributed by atoms with Crippen LogP contribution in [0.25, 0.3) is 0 Å². The molecule has 0 rings (SSSR count). The van der Waals surface area contributed by atoms with Crippen LogP contribution in [0.4, 0.5) is 8.78 Å². The number of rotatable bonds is 4. The molecule has 0 aromatic rings. The second-order valence-corrected chi connectivity index (χ2v) is 2.43. The topological polar surface area (TPSA) is 0 Å². The number of hydrogen-bond acceptors (Lipinski definition) is 0. The van der Waals surface area contributed by atoms with Gasteiger partial charge in [0.25, 0.3) is 6.08 Å². The van der Waals surface area contributed by atoms with Crippen LogP contribution in [0.3, 0.4) is 0 Å². The van der Waals surface area contributed by atoms with Gasteiger partial charge in [-0.25, -0.2) is 0 Å². The molecule has 0 spiro atoms. The fourth-order valence-electron chi connectivity index (χ4n) is 0.765. The molecule has 0 nitrogen and oxygen atoms in total. The van der Waals surface area contributed by atoms with Crippen molar-refractivity contribution in [1.82, 2.24) is 0 Å². The Morgan fingerprint density at radius 3 is 2.60 bits per heavy atom. The number of allylic oxidation sites excluding steroid dienone is 1. The second-order valence-electron chi connectivity index (χ2n) is 2.43. The lowest BCUT2D eigenvalue weighted by atomic mass is 10.1. The first-order valence-electron chi connectivity index (χ1n) is 3.49. The quantitative estimate of drug-likeness (QED) is 0.571. The van der Waals surface area contributed by atoms with Gasteiger partial charge in [0.2, 0.25) is 0 Å². The van der Waals surface area contributed by atoms with E-state index in [2.05, 4.69) is 6.92 Å². The summed E-state index contributed by atoms with van der Waals surface area (Å²) >= 11 is 0. The van der Waals surface area contributed by atoms with Crippen molar-refractivity contribution in [3.8, 4) is 0 Å². The van der Waals surface area contributed by atoms with Crippen molar-refractivity contribution in [2.75, 3.05) is 0 Å². The van der Waals surface area contributed by atoms with Crippen molar-refractivity contribution in [1.29, 1.82) is 0 Å². The van der Waals surface area contributed by atoms with Gasteiger partial charge in [0.15, 0.2) is 0 Å². The Bertz CT molecular complexity index is 104. The lowest BCUT2D eigenvalue weighted by Crippen LogP contribution is -1.88. The summed E-state index contributed by atoms with van der Waals surface area (Å²) in [5.74, 6) is -0.00764. The zero-order valence-corrected chi connectivity index (χ0v) is 6.24. The second kappa shape index (κ2) is 5.39. The maximum atomic E-state index is 11.6. The summed E-state index contributed by atoms with van der Waals surface area (Å²) in [7, 11) is 0. The summed E-state index contributed by atoms with van der Waals surface area (Å²) in [6.07, 6.45) is 1.98. The van der Waals surface area contributed by atoms with Gasteiger partial charge in [-0.15, -0.1) is 0 Å². The van der Waals surface area contributed by atoms with Crippen LogP contribution < -0.4 is 0 Å². The highest BCUT2D eigenvalue weighted by Crippen LogP contribution is 2.12. The van der Waals surface area contributed by atoms with Crippen molar-refractivity contribution in [2.45, 2.75) is 26.2 Å². The van der Waals surface area contributed by atoms with Gasteiger partial charge in [-0.05, 0) is 18.4 Å². The fraction of sp³-hybridized carbons (Fsp3) is 0.625. The Balaban J connectivity index is 3.43. The molecule has 0 bridgehead atoms. The maximum Gasteiger partial charge on any atom is 0.266 e. The minimum atomic E-state index is -1.57. The molecule has 2 heteroatoms. The molecule has 0 aliphatic carbocycles. The lowest BCUT2D eigenvalue weighted by molar-refractivity contribution is 0.407. The van der Waals surface area contributed by atoms with Crippen molar-refractivity contribution in [3.05, 3.63) is 19.1 Å². The summed E-state index contributed by atoms with van der Waals surface area (Å²) < 4.78 is 23.1. The van der Waals surface area contributed by atoms with Gasteiger partial charge in [-0.1, -0.05) is 26.7 Å². The monoisotopic (exact) mass is 147 g/mol. The van der Waals surface area contributed by atoms with Crippen molar-refractivity contribution in [2.24, 2.45) is 5.92 Å². The van der Waals surface area contributed by atoms with E-state index in [-0.39, 0.29) is 5.92 Å². The van der Waals surface area contributed by atoms with E-state index >= 15 is 0 Å². The van der Waals surface area contributed by atoms with Crippen LogP contribution >= 0.6 is 0 Å². The molecule has 0 aliphatic heterocycles. The highest BCUT2D eigenvalue weighted by atomic mass is 19.3. The predicted molar refractivity (Wildman–Crippen MR) is 38.7 cm³/mol. The van der Waals surface area contributed by atoms with Crippen LogP contribution in [0.2, 0.25) is 0 Å². The summed E-state index contributed by atoms with van der Waals surface area (Å²) in [6, 6.07) is 0. The minimum Gasteiger partial charge on any atom is -0.174 e. The molecule has 0 N–H and O–H groups in total. The van der Waals surface area contributed by atoms with E-state index in [1.54, 1.807) is 6.92 Å². The molecule has 0 saturated heterocycles. The first-order chi connectivity index (χ1) is 4.66. The normalized spacial score (nSPS) is 12.8. The van der Waals surface area contributed by atoms with Crippen molar-refractivity contribution in [3.63, 3.8) is 0 Å². The Hall–Kier alpha value is -0.400. The molecule has 0 heterocycles. The average Bonchev–Trinajstić information content (AvgIpc) is 1.82. The Morgan fingerprint density at radius 1 is 1.60 bits per heavy atom. The molecule has 1 atom stereocenters.